The second-order valence-corrected chi connectivity index (χ2v) is 9.53. The van der Waals surface area contributed by atoms with E-state index >= 15 is 0 Å². The summed E-state index contributed by atoms with van der Waals surface area (Å²) in [6.07, 6.45) is 24.3. The lowest BCUT2D eigenvalue weighted by molar-refractivity contribution is -0.116. The van der Waals surface area contributed by atoms with Crippen LogP contribution in [0.15, 0.2) is 60.8 Å². The maximum Gasteiger partial charge on any atom is 0.224 e. The molecule has 35 heavy (non-hydrogen) atoms. The summed E-state index contributed by atoms with van der Waals surface area (Å²) in [5.74, 6) is 0.692. The minimum atomic E-state index is 0.0303. The van der Waals surface area contributed by atoms with E-state index in [1.54, 1.807) is 18.3 Å². The van der Waals surface area contributed by atoms with Crippen LogP contribution in [-0.2, 0) is 4.79 Å². The summed E-state index contributed by atoms with van der Waals surface area (Å²) in [6.45, 7) is 2.24. The Kier molecular flexibility index (Phi) is 14.9. The van der Waals surface area contributed by atoms with Gasteiger partial charge >= 0.3 is 0 Å². The molecule has 1 aromatic heterocycles. The molecule has 0 unspecified atom stereocenters. The number of anilines is 3. The van der Waals surface area contributed by atoms with Crippen molar-refractivity contribution in [2.45, 2.75) is 84.0 Å². The minimum absolute atomic E-state index is 0.0303. The molecule has 4 nitrogen and oxygen atoms in total. The zero-order valence-corrected chi connectivity index (χ0v) is 22.4. The topological polar surface area (TPSA) is 54.0 Å². The maximum atomic E-state index is 12.2. The van der Waals surface area contributed by atoms with Crippen LogP contribution in [0.1, 0.15) is 84.0 Å². The molecule has 0 saturated carbocycles. The van der Waals surface area contributed by atoms with Crippen molar-refractivity contribution >= 4 is 46.3 Å². The van der Waals surface area contributed by atoms with Crippen LogP contribution in [0.4, 0.5) is 17.2 Å². The highest BCUT2D eigenvalue weighted by molar-refractivity contribution is 6.42. The lowest BCUT2D eigenvalue weighted by Crippen LogP contribution is -2.11. The average molecular weight is 517 g/mol. The van der Waals surface area contributed by atoms with E-state index in [1.807, 2.05) is 18.2 Å². The van der Waals surface area contributed by atoms with Gasteiger partial charge in [0.1, 0.15) is 5.82 Å². The zero-order valence-electron chi connectivity index (χ0n) is 20.9. The molecule has 0 atom stereocenters. The van der Waals surface area contributed by atoms with Crippen molar-refractivity contribution in [1.82, 2.24) is 4.98 Å². The fourth-order valence-electron chi connectivity index (χ4n) is 3.58. The number of benzene rings is 1. The second-order valence-electron chi connectivity index (χ2n) is 8.71. The van der Waals surface area contributed by atoms with Gasteiger partial charge in [0, 0.05) is 12.1 Å². The van der Waals surface area contributed by atoms with E-state index in [0.717, 1.165) is 31.4 Å². The number of allylic oxidation sites excluding steroid dienone is 4. The van der Waals surface area contributed by atoms with Crippen molar-refractivity contribution in [1.29, 1.82) is 0 Å². The summed E-state index contributed by atoms with van der Waals surface area (Å²) in [5, 5.41) is 7.07. The number of aromatic nitrogens is 1. The van der Waals surface area contributed by atoms with Crippen LogP contribution in [0.3, 0.4) is 0 Å². The van der Waals surface area contributed by atoms with E-state index in [4.69, 9.17) is 23.2 Å². The van der Waals surface area contributed by atoms with Gasteiger partial charge < -0.3 is 10.6 Å². The van der Waals surface area contributed by atoms with Crippen LogP contribution >= 0.6 is 23.2 Å². The van der Waals surface area contributed by atoms with Gasteiger partial charge in [-0.05, 0) is 68.9 Å². The molecule has 0 spiro atoms. The Bertz CT molecular complexity index is 926. The van der Waals surface area contributed by atoms with Gasteiger partial charge in [-0.25, -0.2) is 4.98 Å². The Hall–Kier alpha value is -2.30. The Morgan fingerprint density at radius 1 is 0.829 bits per heavy atom. The molecule has 2 N–H and O–H groups in total. The molecule has 1 heterocycles. The molecule has 0 saturated heterocycles. The lowest BCUT2D eigenvalue weighted by Gasteiger charge is -2.08. The smallest absolute Gasteiger partial charge is 0.224 e. The molecule has 0 bridgehead atoms. The van der Waals surface area contributed by atoms with Crippen LogP contribution in [0, 0.1) is 0 Å². The summed E-state index contributed by atoms with van der Waals surface area (Å²) in [6, 6.07) is 8.95. The molecule has 0 fully saturated rings. The number of halogens is 2. The number of nitrogens with zero attached hydrogens (tertiary/aromatic N) is 1. The molecule has 2 aromatic rings. The Balaban J connectivity index is 1.50. The Morgan fingerprint density at radius 2 is 1.51 bits per heavy atom. The first-order valence-electron chi connectivity index (χ1n) is 12.9. The number of unbranched alkanes of at least 4 members (excludes halogenated alkanes) is 8. The van der Waals surface area contributed by atoms with Crippen molar-refractivity contribution in [3.63, 3.8) is 0 Å². The zero-order chi connectivity index (χ0) is 25.1. The van der Waals surface area contributed by atoms with Gasteiger partial charge in [0.15, 0.2) is 0 Å². The van der Waals surface area contributed by atoms with Gasteiger partial charge in [0.2, 0.25) is 5.91 Å². The first kappa shape index (κ1) is 28.9. The van der Waals surface area contributed by atoms with Gasteiger partial charge in [0.25, 0.3) is 0 Å². The molecule has 0 radical (unpaired) electrons. The lowest BCUT2D eigenvalue weighted by atomic mass is 10.1. The van der Waals surface area contributed by atoms with Crippen molar-refractivity contribution < 1.29 is 4.79 Å². The Labute approximate surface area is 221 Å². The highest BCUT2D eigenvalue weighted by Crippen LogP contribution is 2.26. The van der Waals surface area contributed by atoms with Crippen molar-refractivity contribution in [2.75, 3.05) is 10.6 Å². The largest absolute Gasteiger partial charge is 0.340 e. The number of rotatable bonds is 17. The first-order chi connectivity index (χ1) is 17.1. The van der Waals surface area contributed by atoms with Gasteiger partial charge in [-0.3, -0.25) is 4.79 Å². The molecule has 0 aliphatic heterocycles. The number of carbonyl (C=O) groups excluding carboxylic acids is 1. The van der Waals surface area contributed by atoms with Crippen LogP contribution in [0.5, 0.6) is 0 Å². The highest BCUT2D eigenvalue weighted by Gasteiger charge is 2.04. The number of pyridine rings is 1. The van der Waals surface area contributed by atoms with Crippen LogP contribution in [0.2, 0.25) is 10.0 Å². The average Bonchev–Trinajstić information content (AvgIpc) is 2.85. The SMILES string of the molecule is CCCCC/C=C/C/C=C/CCCCCCCC(=O)Nc1ccc(Nc2ccc(Cl)c(Cl)c2)nc1. The van der Waals surface area contributed by atoms with Crippen molar-refractivity contribution in [3.05, 3.63) is 70.9 Å². The van der Waals surface area contributed by atoms with Crippen molar-refractivity contribution in [3.8, 4) is 0 Å². The number of nitrogens with one attached hydrogen (secondary N) is 2. The second kappa shape index (κ2) is 18.0. The predicted octanol–water partition coefficient (Wildman–Crippen LogP) is 9.88. The molecule has 1 aromatic carbocycles. The number of amides is 1. The van der Waals surface area contributed by atoms with Gasteiger partial charge in [-0.1, -0.05) is 86.5 Å². The van der Waals surface area contributed by atoms with Gasteiger partial charge in [-0.15, -0.1) is 0 Å². The fraction of sp³-hybridized carbons (Fsp3) is 0.448. The molecule has 1 amide bonds. The third-order valence-electron chi connectivity index (χ3n) is 5.59. The van der Waals surface area contributed by atoms with E-state index in [2.05, 4.69) is 46.8 Å². The number of carbonyl (C=O) groups is 1. The van der Waals surface area contributed by atoms with Crippen LogP contribution < -0.4 is 10.6 Å². The van der Waals surface area contributed by atoms with Gasteiger partial charge in [0.05, 0.1) is 21.9 Å². The van der Waals surface area contributed by atoms with Crippen LogP contribution in [0.25, 0.3) is 0 Å². The summed E-state index contributed by atoms with van der Waals surface area (Å²) < 4.78 is 0. The molecule has 2 rings (SSSR count). The van der Waals surface area contributed by atoms with Crippen molar-refractivity contribution in [2.24, 2.45) is 0 Å². The molecule has 6 heteroatoms. The van der Waals surface area contributed by atoms with Crippen LogP contribution in [-0.4, -0.2) is 10.9 Å². The van der Waals surface area contributed by atoms with Gasteiger partial charge in [-0.2, -0.15) is 0 Å². The molecular weight excluding hydrogens is 477 g/mol. The maximum absolute atomic E-state index is 12.2. The van der Waals surface area contributed by atoms with E-state index in [9.17, 15) is 4.79 Å². The van der Waals surface area contributed by atoms with E-state index in [0.29, 0.717) is 28.0 Å². The third kappa shape index (κ3) is 13.4. The fourth-order valence-corrected chi connectivity index (χ4v) is 3.88. The molecular formula is C29H39Cl2N3O. The molecule has 0 aliphatic carbocycles. The quantitative estimate of drug-likeness (QED) is 0.162. The minimum Gasteiger partial charge on any atom is -0.340 e. The number of hydrogen-bond donors (Lipinski definition) is 2. The summed E-state index contributed by atoms with van der Waals surface area (Å²) in [5.41, 5.74) is 1.49. The number of hydrogen-bond acceptors (Lipinski definition) is 3. The molecule has 190 valence electrons. The Morgan fingerprint density at radius 3 is 2.20 bits per heavy atom. The summed E-state index contributed by atoms with van der Waals surface area (Å²) in [7, 11) is 0. The first-order valence-corrected chi connectivity index (χ1v) is 13.6. The normalized spacial score (nSPS) is 11.4. The standard InChI is InChI=1S/C29H39Cl2N3O/c1-2-3-4-5-6-7-8-9-10-11-12-13-14-15-16-17-29(35)34-25-19-21-28(32-23-25)33-24-18-20-26(30)27(31)22-24/h6-7,9-10,18-23H,2-5,8,11-17H2,1H3,(H,32,33)(H,34,35)/b7-6+,10-9+. The van der Waals surface area contributed by atoms with E-state index < -0.39 is 0 Å². The molecule has 0 aliphatic rings. The van der Waals surface area contributed by atoms with E-state index in [-0.39, 0.29) is 5.91 Å². The third-order valence-corrected chi connectivity index (χ3v) is 6.33. The highest BCUT2D eigenvalue weighted by atomic mass is 35.5. The monoisotopic (exact) mass is 515 g/mol. The van der Waals surface area contributed by atoms with E-state index in [1.165, 1.54) is 44.9 Å². The summed E-state index contributed by atoms with van der Waals surface area (Å²) >= 11 is 12.0. The predicted molar refractivity (Wildman–Crippen MR) is 152 cm³/mol. The summed E-state index contributed by atoms with van der Waals surface area (Å²) in [4.78, 5) is 16.5.